The van der Waals surface area contributed by atoms with E-state index in [0.717, 1.165) is 32.4 Å². The normalized spacial score (nSPS) is 20.2. The second-order valence-corrected chi connectivity index (χ2v) is 8.01. The Hall–Kier alpha value is -2.10. The molecule has 0 spiro atoms. The molecule has 1 aliphatic heterocycles. The summed E-state index contributed by atoms with van der Waals surface area (Å²) in [5.74, 6) is 6.47. The number of pyridine rings is 1. The van der Waals surface area contributed by atoms with E-state index in [1.165, 1.54) is 0 Å². The molecule has 0 aliphatic carbocycles. The van der Waals surface area contributed by atoms with E-state index in [9.17, 15) is 9.90 Å². The van der Waals surface area contributed by atoms with E-state index >= 15 is 0 Å². The summed E-state index contributed by atoms with van der Waals surface area (Å²) < 4.78 is 6.27. The number of aliphatic hydroxyl groups excluding tert-OH is 1. The molecule has 0 bridgehead atoms. The van der Waals surface area contributed by atoms with Crippen LogP contribution in [0.5, 0.6) is 5.88 Å². The van der Waals surface area contributed by atoms with Crippen LogP contribution in [-0.2, 0) is 0 Å². The molecule has 29 heavy (non-hydrogen) atoms. The van der Waals surface area contributed by atoms with Gasteiger partial charge in [0.2, 0.25) is 5.88 Å². The highest BCUT2D eigenvalue weighted by Crippen LogP contribution is 2.27. The van der Waals surface area contributed by atoms with Crippen molar-refractivity contribution in [2.75, 3.05) is 33.3 Å². The molecule has 160 valence electrons. The Balaban J connectivity index is 2.42. The van der Waals surface area contributed by atoms with Crippen LogP contribution >= 0.6 is 0 Å². The molecule has 1 N–H and O–H groups in total. The summed E-state index contributed by atoms with van der Waals surface area (Å²) in [7, 11) is 2.08. The molecule has 1 amide bonds. The zero-order valence-corrected chi connectivity index (χ0v) is 18.4. The molecule has 1 aromatic rings. The molecular weight excluding hydrogens is 366 g/mol. The van der Waals surface area contributed by atoms with Crippen molar-refractivity contribution in [1.29, 1.82) is 0 Å². The van der Waals surface area contributed by atoms with Crippen LogP contribution in [0.4, 0.5) is 0 Å². The van der Waals surface area contributed by atoms with Crippen LogP contribution in [0.2, 0.25) is 0 Å². The molecule has 6 nitrogen and oxygen atoms in total. The first kappa shape index (κ1) is 23.2. The van der Waals surface area contributed by atoms with Crippen LogP contribution in [-0.4, -0.2) is 71.2 Å². The average Bonchev–Trinajstić information content (AvgIpc) is 2.70. The molecule has 2 rings (SSSR count). The summed E-state index contributed by atoms with van der Waals surface area (Å²) in [6, 6.07) is 1.49. The standard InChI is InChI=1S/C23H35N3O3/c1-6-8-9-10-19-12-20-22(24-13-19)29-21(15-25(5)11-7-2)17(3)14-26(23(20)28)18(4)16-27/h12-13,17-18,21,27H,6-8,11,14-16H2,1-5H3/t17-,18+,21+/m0/s1. The zero-order chi connectivity index (χ0) is 21.4. The van der Waals surface area contributed by atoms with Crippen molar-refractivity contribution in [3.05, 3.63) is 23.4 Å². The van der Waals surface area contributed by atoms with Gasteiger partial charge in [-0.2, -0.15) is 0 Å². The van der Waals surface area contributed by atoms with Crippen LogP contribution in [0.1, 0.15) is 62.9 Å². The zero-order valence-electron chi connectivity index (χ0n) is 18.4. The van der Waals surface area contributed by atoms with Crippen LogP contribution in [0.3, 0.4) is 0 Å². The lowest BCUT2D eigenvalue weighted by Crippen LogP contribution is -2.50. The van der Waals surface area contributed by atoms with Crippen molar-refractivity contribution in [3.8, 4) is 17.7 Å². The third-order valence-corrected chi connectivity index (χ3v) is 5.23. The number of ether oxygens (including phenoxy) is 1. The first-order valence-electron chi connectivity index (χ1n) is 10.7. The molecule has 3 atom stereocenters. The SMILES string of the molecule is CCCC#Cc1cnc2c(c1)C(=O)N([C@H](C)CO)C[C@H](C)[C@@H](CN(C)CCC)O2. The van der Waals surface area contributed by atoms with Crippen molar-refractivity contribution in [2.45, 2.75) is 59.1 Å². The maximum atomic E-state index is 13.3. The fourth-order valence-electron chi connectivity index (χ4n) is 3.46. The molecule has 0 saturated carbocycles. The number of likely N-dealkylation sites (N-methyl/N-ethyl adjacent to an activating group) is 1. The highest BCUT2D eigenvalue weighted by Gasteiger charge is 2.34. The topological polar surface area (TPSA) is 65.9 Å². The number of carbonyl (C=O) groups excluding carboxylic acids is 1. The number of amides is 1. The number of aromatic nitrogens is 1. The summed E-state index contributed by atoms with van der Waals surface area (Å²) in [4.78, 5) is 21.7. The van der Waals surface area contributed by atoms with E-state index in [1.807, 2.05) is 6.92 Å². The Morgan fingerprint density at radius 2 is 2.17 bits per heavy atom. The molecule has 1 aromatic heterocycles. The van der Waals surface area contributed by atoms with E-state index in [2.05, 4.69) is 49.5 Å². The van der Waals surface area contributed by atoms with E-state index in [-0.39, 0.29) is 30.6 Å². The monoisotopic (exact) mass is 401 g/mol. The summed E-state index contributed by atoms with van der Waals surface area (Å²) in [5.41, 5.74) is 1.13. The van der Waals surface area contributed by atoms with Crippen LogP contribution in [0.15, 0.2) is 12.3 Å². The van der Waals surface area contributed by atoms with Gasteiger partial charge < -0.3 is 19.6 Å². The molecule has 6 heteroatoms. The lowest BCUT2D eigenvalue weighted by atomic mass is 10.00. The van der Waals surface area contributed by atoms with Gasteiger partial charge in [-0.3, -0.25) is 4.79 Å². The van der Waals surface area contributed by atoms with Crippen molar-refractivity contribution in [3.63, 3.8) is 0 Å². The molecule has 1 aliphatic rings. The van der Waals surface area contributed by atoms with Gasteiger partial charge in [0.15, 0.2) is 0 Å². The number of aliphatic hydroxyl groups is 1. The Kier molecular flexibility index (Phi) is 8.94. The second-order valence-electron chi connectivity index (χ2n) is 8.01. The number of rotatable bonds is 7. The van der Waals surface area contributed by atoms with E-state index in [4.69, 9.17) is 4.74 Å². The molecule has 0 saturated heterocycles. The highest BCUT2D eigenvalue weighted by molar-refractivity contribution is 5.97. The minimum atomic E-state index is -0.278. The summed E-state index contributed by atoms with van der Waals surface area (Å²) >= 11 is 0. The minimum Gasteiger partial charge on any atom is -0.472 e. The fourth-order valence-corrected chi connectivity index (χ4v) is 3.46. The maximum Gasteiger partial charge on any atom is 0.259 e. The van der Waals surface area contributed by atoms with Crippen molar-refractivity contribution < 1.29 is 14.6 Å². The predicted octanol–water partition coefficient (Wildman–Crippen LogP) is 2.80. The number of fused-ring (bicyclic) bond motifs is 1. The molecule has 2 heterocycles. The van der Waals surface area contributed by atoms with Crippen molar-refractivity contribution in [1.82, 2.24) is 14.8 Å². The molecule has 0 aromatic carbocycles. The van der Waals surface area contributed by atoms with Crippen molar-refractivity contribution in [2.24, 2.45) is 5.92 Å². The third-order valence-electron chi connectivity index (χ3n) is 5.23. The summed E-state index contributed by atoms with van der Waals surface area (Å²) in [6.07, 6.45) is 4.43. The van der Waals surface area contributed by atoms with Crippen molar-refractivity contribution >= 4 is 5.91 Å². The van der Waals surface area contributed by atoms with E-state index < -0.39 is 0 Å². The predicted molar refractivity (Wildman–Crippen MR) is 115 cm³/mol. The minimum absolute atomic E-state index is 0.0848. The molecule has 0 radical (unpaired) electrons. The van der Waals surface area contributed by atoms with Gasteiger partial charge in [-0.25, -0.2) is 4.98 Å². The summed E-state index contributed by atoms with van der Waals surface area (Å²) in [5, 5.41) is 9.71. The quantitative estimate of drug-likeness (QED) is 0.712. The second kappa shape index (κ2) is 11.2. The van der Waals surface area contributed by atoms with Gasteiger partial charge in [0.05, 0.1) is 12.6 Å². The number of hydrogen-bond acceptors (Lipinski definition) is 5. The van der Waals surface area contributed by atoms with Gasteiger partial charge in [-0.05, 0) is 39.4 Å². The first-order chi connectivity index (χ1) is 13.9. The van der Waals surface area contributed by atoms with Crippen LogP contribution < -0.4 is 4.74 Å². The number of nitrogens with zero attached hydrogens (tertiary/aromatic N) is 3. The van der Waals surface area contributed by atoms with Gasteiger partial charge in [-0.1, -0.05) is 32.6 Å². The first-order valence-corrected chi connectivity index (χ1v) is 10.7. The van der Waals surface area contributed by atoms with Gasteiger partial charge in [0.1, 0.15) is 11.7 Å². The largest absolute Gasteiger partial charge is 0.472 e. The smallest absolute Gasteiger partial charge is 0.259 e. The van der Waals surface area contributed by atoms with E-state index in [1.54, 1.807) is 17.2 Å². The molecular formula is C23H35N3O3. The lowest BCUT2D eigenvalue weighted by Gasteiger charge is -2.37. The average molecular weight is 402 g/mol. The van der Waals surface area contributed by atoms with Gasteiger partial charge >= 0.3 is 0 Å². The number of unbranched alkanes of at least 4 members (excludes halogenated alkanes) is 1. The Morgan fingerprint density at radius 1 is 1.41 bits per heavy atom. The summed E-state index contributed by atoms with van der Waals surface area (Å²) in [6.45, 7) is 10.4. The number of carbonyl (C=O) groups is 1. The fraction of sp³-hybridized carbons (Fsp3) is 0.652. The third kappa shape index (κ3) is 6.19. The van der Waals surface area contributed by atoms with Gasteiger partial charge in [-0.15, -0.1) is 0 Å². The Labute approximate surface area is 175 Å². The van der Waals surface area contributed by atoms with Gasteiger partial charge in [0, 0.05) is 37.2 Å². The van der Waals surface area contributed by atoms with Gasteiger partial charge in [0.25, 0.3) is 5.91 Å². The van der Waals surface area contributed by atoms with E-state index in [0.29, 0.717) is 23.6 Å². The highest BCUT2D eigenvalue weighted by atomic mass is 16.5. The molecule has 0 unspecified atom stereocenters. The Bertz CT molecular complexity index is 741. The Morgan fingerprint density at radius 3 is 2.83 bits per heavy atom. The van der Waals surface area contributed by atoms with Crippen LogP contribution in [0.25, 0.3) is 0 Å². The van der Waals surface area contributed by atoms with Crippen LogP contribution in [0, 0.1) is 17.8 Å². The number of hydrogen-bond donors (Lipinski definition) is 1. The maximum absolute atomic E-state index is 13.3. The lowest BCUT2D eigenvalue weighted by molar-refractivity contribution is 0.0331. The molecule has 0 fully saturated rings.